The van der Waals surface area contributed by atoms with E-state index in [1.54, 1.807) is 37.4 Å². The lowest BCUT2D eigenvalue weighted by Crippen LogP contribution is -2.31. The topological polar surface area (TPSA) is 69.6 Å². The largest absolute Gasteiger partial charge is 0.481 e. The van der Waals surface area contributed by atoms with Gasteiger partial charge in [0.05, 0.1) is 6.42 Å². The summed E-state index contributed by atoms with van der Waals surface area (Å²) in [6.07, 6.45) is 1.61. The van der Waals surface area contributed by atoms with Crippen LogP contribution in [0.1, 0.15) is 5.56 Å². The molecule has 18 heavy (non-hydrogen) atoms. The minimum absolute atomic E-state index is 0.0232. The number of carboxylic acids is 1. The number of nitrogens with one attached hydrogen (secondary N) is 1. The van der Waals surface area contributed by atoms with Crippen molar-refractivity contribution < 1.29 is 14.7 Å². The number of carbonyl (C=O) groups is 2. The van der Waals surface area contributed by atoms with Crippen molar-refractivity contribution in [3.05, 3.63) is 42.5 Å². The van der Waals surface area contributed by atoms with E-state index in [-0.39, 0.29) is 12.5 Å². The van der Waals surface area contributed by atoms with Crippen molar-refractivity contribution in [2.75, 3.05) is 18.9 Å². The van der Waals surface area contributed by atoms with E-state index in [4.69, 9.17) is 5.11 Å². The van der Waals surface area contributed by atoms with Crippen LogP contribution in [0, 0.1) is 0 Å². The van der Waals surface area contributed by atoms with Crippen LogP contribution in [0.2, 0.25) is 0 Å². The number of aliphatic carboxylic acids is 1. The maximum Gasteiger partial charge on any atom is 0.321 e. The van der Waals surface area contributed by atoms with Crippen LogP contribution in [0.3, 0.4) is 0 Å². The first-order valence-corrected chi connectivity index (χ1v) is 5.46. The molecule has 0 aliphatic carbocycles. The zero-order chi connectivity index (χ0) is 13.5. The van der Waals surface area contributed by atoms with E-state index in [0.29, 0.717) is 17.8 Å². The van der Waals surface area contributed by atoms with Crippen LogP contribution in [0.15, 0.2) is 36.9 Å². The van der Waals surface area contributed by atoms with E-state index in [2.05, 4.69) is 11.9 Å². The second-order valence-electron chi connectivity index (χ2n) is 3.87. The molecule has 0 bridgehead atoms. The molecule has 5 nitrogen and oxygen atoms in total. The summed E-state index contributed by atoms with van der Waals surface area (Å²) in [5.74, 6) is -0.877. The lowest BCUT2D eigenvalue weighted by atomic mass is 10.1. The molecule has 96 valence electrons. The molecule has 0 heterocycles. The van der Waals surface area contributed by atoms with E-state index in [1.807, 2.05) is 0 Å². The number of nitrogens with zero attached hydrogens (tertiary/aromatic N) is 1. The quantitative estimate of drug-likeness (QED) is 0.783. The molecule has 0 saturated heterocycles. The van der Waals surface area contributed by atoms with Gasteiger partial charge in [-0.25, -0.2) is 4.79 Å². The molecular weight excluding hydrogens is 232 g/mol. The van der Waals surface area contributed by atoms with E-state index in [9.17, 15) is 9.59 Å². The maximum absolute atomic E-state index is 11.6. The third kappa shape index (κ3) is 4.29. The molecule has 5 heteroatoms. The molecule has 0 aliphatic rings. The molecular formula is C13H16N2O3. The average molecular weight is 248 g/mol. The second-order valence-corrected chi connectivity index (χ2v) is 3.87. The van der Waals surface area contributed by atoms with E-state index >= 15 is 0 Å². The summed E-state index contributed by atoms with van der Waals surface area (Å²) in [6, 6.07) is 6.48. The van der Waals surface area contributed by atoms with E-state index in [0.717, 1.165) is 0 Å². The SMILES string of the molecule is C=CCN(C)C(=O)Nc1ccc(CC(=O)O)cc1. The predicted octanol–water partition coefficient (Wildman–Crippen LogP) is 1.96. The first-order chi connectivity index (χ1) is 8.52. The Morgan fingerprint density at radius 3 is 2.50 bits per heavy atom. The summed E-state index contributed by atoms with van der Waals surface area (Å²) in [4.78, 5) is 23.6. The summed E-state index contributed by atoms with van der Waals surface area (Å²) < 4.78 is 0. The zero-order valence-corrected chi connectivity index (χ0v) is 10.2. The zero-order valence-electron chi connectivity index (χ0n) is 10.2. The molecule has 0 aliphatic heterocycles. The number of hydrogen-bond donors (Lipinski definition) is 2. The molecule has 0 atom stereocenters. The monoisotopic (exact) mass is 248 g/mol. The standard InChI is InChI=1S/C13H16N2O3/c1-3-8-15(2)13(18)14-11-6-4-10(5-7-11)9-12(16)17/h3-7H,1,8-9H2,2H3,(H,14,18)(H,16,17). The summed E-state index contributed by atoms with van der Waals surface area (Å²) in [5, 5.41) is 11.3. The van der Waals surface area contributed by atoms with Crippen molar-refractivity contribution >= 4 is 17.7 Å². The van der Waals surface area contributed by atoms with Gasteiger partial charge >= 0.3 is 12.0 Å². The number of rotatable bonds is 5. The lowest BCUT2D eigenvalue weighted by molar-refractivity contribution is -0.136. The second kappa shape index (κ2) is 6.44. The van der Waals surface area contributed by atoms with Gasteiger partial charge < -0.3 is 15.3 Å². The average Bonchev–Trinajstić information content (AvgIpc) is 2.31. The Kier molecular flexibility index (Phi) is 4.92. The van der Waals surface area contributed by atoms with Crippen molar-refractivity contribution in [3.63, 3.8) is 0 Å². The molecule has 0 spiro atoms. The van der Waals surface area contributed by atoms with Crippen LogP contribution >= 0.6 is 0 Å². The summed E-state index contributed by atoms with van der Waals surface area (Å²) >= 11 is 0. The normalized spacial score (nSPS) is 9.61. The van der Waals surface area contributed by atoms with Crippen molar-refractivity contribution in [1.82, 2.24) is 4.90 Å². The van der Waals surface area contributed by atoms with Gasteiger partial charge in [-0.3, -0.25) is 4.79 Å². The molecule has 0 saturated carbocycles. The van der Waals surface area contributed by atoms with Gasteiger partial charge in [0, 0.05) is 19.3 Å². The third-order valence-electron chi connectivity index (χ3n) is 2.31. The molecule has 0 unspecified atom stereocenters. The highest BCUT2D eigenvalue weighted by Gasteiger charge is 2.07. The highest BCUT2D eigenvalue weighted by molar-refractivity contribution is 5.89. The molecule has 1 aromatic carbocycles. The summed E-state index contributed by atoms with van der Waals surface area (Å²) in [6.45, 7) is 4.01. The molecule has 2 N–H and O–H groups in total. The summed E-state index contributed by atoms with van der Waals surface area (Å²) in [7, 11) is 1.66. The highest BCUT2D eigenvalue weighted by Crippen LogP contribution is 2.10. The van der Waals surface area contributed by atoms with Crippen LogP contribution < -0.4 is 5.32 Å². The van der Waals surface area contributed by atoms with Gasteiger partial charge in [0.2, 0.25) is 0 Å². The van der Waals surface area contributed by atoms with Gasteiger partial charge in [-0.05, 0) is 17.7 Å². The number of amides is 2. The van der Waals surface area contributed by atoms with Gasteiger partial charge in [-0.1, -0.05) is 18.2 Å². The minimum Gasteiger partial charge on any atom is -0.481 e. The lowest BCUT2D eigenvalue weighted by Gasteiger charge is -2.15. The fourth-order valence-corrected chi connectivity index (χ4v) is 1.38. The Morgan fingerprint density at radius 2 is 2.00 bits per heavy atom. The molecule has 2 amide bonds. The Hall–Kier alpha value is -2.30. The number of benzene rings is 1. The number of likely N-dealkylation sites (N-methyl/N-ethyl adjacent to an activating group) is 1. The van der Waals surface area contributed by atoms with Crippen LogP contribution in [0.5, 0.6) is 0 Å². The Labute approximate surface area is 106 Å². The van der Waals surface area contributed by atoms with Crippen LogP contribution in [0.25, 0.3) is 0 Å². The number of carboxylic acid groups (broad SMARTS) is 1. The number of carbonyl (C=O) groups excluding carboxylic acids is 1. The Morgan fingerprint density at radius 1 is 1.39 bits per heavy atom. The first-order valence-electron chi connectivity index (χ1n) is 5.46. The van der Waals surface area contributed by atoms with Crippen molar-refractivity contribution in [2.45, 2.75) is 6.42 Å². The van der Waals surface area contributed by atoms with Gasteiger partial charge in [0.1, 0.15) is 0 Å². The highest BCUT2D eigenvalue weighted by atomic mass is 16.4. The number of urea groups is 1. The van der Waals surface area contributed by atoms with Gasteiger partial charge in [-0.15, -0.1) is 6.58 Å². The fourth-order valence-electron chi connectivity index (χ4n) is 1.38. The molecule has 0 fully saturated rings. The minimum atomic E-state index is -0.877. The summed E-state index contributed by atoms with van der Waals surface area (Å²) in [5.41, 5.74) is 1.32. The van der Waals surface area contributed by atoms with Crippen molar-refractivity contribution in [2.24, 2.45) is 0 Å². The smallest absolute Gasteiger partial charge is 0.321 e. The van der Waals surface area contributed by atoms with Crippen LogP contribution in [-0.2, 0) is 11.2 Å². The number of hydrogen-bond acceptors (Lipinski definition) is 2. The van der Waals surface area contributed by atoms with Gasteiger partial charge in [-0.2, -0.15) is 0 Å². The molecule has 0 aromatic heterocycles. The van der Waals surface area contributed by atoms with Crippen molar-refractivity contribution in [1.29, 1.82) is 0 Å². The predicted molar refractivity (Wildman–Crippen MR) is 69.6 cm³/mol. The fraction of sp³-hybridized carbons (Fsp3) is 0.231. The maximum atomic E-state index is 11.6. The number of anilines is 1. The molecule has 1 rings (SSSR count). The van der Waals surface area contributed by atoms with Gasteiger partial charge in [0.25, 0.3) is 0 Å². The first kappa shape index (κ1) is 13.8. The molecule has 1 aromatic rings. The van der Waals surface area contributed by atoms with Crippen molar-refractivity contribution in [3.8, 4) is 0 Å². The van der Waals surface area contributed by atoms with Crippen LogP contribution in [0.4, 0.5) is 10.5 Å². The van der Waals surface area contributed by atoms with Crippen LogP contribution in [-0.4, -0.2) is 35.6 Å². The van der Waals surface area contributed by atoms with E-state index < -0.39 is 5.97 Å². The Balaban J connectivity index is 2.60. The van der Waals surface area contributed by atoms with Gasteiger partial charge in [0.15, 0.2) is 0 Å². The van der Waals surface area contributed by atoms with E-state index in [1.165, 1.54) is 4.90 Å². The third-order valence-corrected chi connectivity index (χ3v) is 2.31. The molecule has 0 radical (unpaired) electrons. The Bertz CT molecular complexity index is 440.